The first-order valence-corrected chi connectivity index (χ1v) is 7.29. The van der Waals surface area contributed by atoms with E-state index in [0.717, 1.165) is 0 Å². The summed E-state index contributed by atoms with van der Waals surface area (Å²) >= 11 is 5.87. The van der Waals surface area contributed by atoms with E-state index in [-0.39, 0.29) is 5.91 Å². The molecule has 0 fully saturated rings. The van der Waals surface area contributed by atoms with Gasteiger partial charge in [0.2, 0.25) is 0 Å². The molecule has 6 heteroatoms. The first-order valence-electron chi connectivity index (χ1n) is 6.91. The maximum absolute atomic E-state index is 12.2. The molecule has 0 unspecified atom stereocenters. The topological polar surface area (TPSA) is 64.6 Å². The van der Waals surface area contributed by atoms with Crippen molar-refractivity contribution in [2.75, 3.05) is 12.4 Å². The summed E-state index contributed by atoms with van der Waals surface area (Å²) in [5.74, 6) is -0.306. The molecule has 0 aliphatic carbocycles. The van der Waals surface area contributed by atoms with Crippen LogP contribution in [0.15, 0.2) is 48.5 Å². The Labute approximate surface area is 139 Å². The summed E-state index contributed by atoms with van der Waals surface area (Å²) in [5.41, 5.74) is 0.841. The highest BCUT2D eigenvalue weighted by atomic mass is 35.5. The van der Waals surface area contributed by atoms with E-state index in [1.54, 1.807) is 49.4 Å². The monoisotopic (exact) mass is 333 g/mol. The van der Waals surface area contributed by atoms with Gasteiger partial charge in [0, 0.05) is 10.7 Å². The van der Waals surface area contributed by atoms with Crippen molar-refractivity contribution in [2.45, 2.75) is 13.0 Å². The van der Waals surface area contributed by atoms with E-state index in [4.69, 9.17) is 16.3 Å². The van der Waals surface area contributed by atoms with Crippen LogP contribution in [0.5, 0.6) is 5.75 Å². The lowest BCUT2D eigenvalue weighted by Gasteiger charge is -2.15. The Balaban J connectivity index is 2.02. The lowest BCUT2D eigenvalue weighted by Crippen LogP contribution is -2.30. The van der Waals surface area contributed by atoms with Crippen molar-refractivity contribution in [3.05, 3.63) is 59.1 Å². The number of nitrogens with one attached hydrogen (secondary N) is 1. The van der Waals surface area contributed by atoms with Crippen LogP contribution >= 0.6 is 11.6 Å². The number of anilines is 1. The standard InChI is InChI=1S/C17H16ClNO4/c1-11(23-15-8-4-6-13(18)10-15)16(20)19-14-7-3-5-12(9-14)17(21)22-2/h3-11H,1-2H3,(H,19,20)/t11-/m1/s1. The van der Waals surface area contributed by atoms with Gasteiger partial charge in [-0.25, -0.2) is 4.79 Å². The van der Waals surface area contributed by atoms with E-state index >= 15 is 0 Å². The van der Waals surface area contributed by atoms with Gasteiger partial charge in [-0.15, -0.1) is 0 Å². The van der Waals surface area contributed by atoms with E-state index in [2.05, 4.69) is 10.1 Å². The lowest BCUT2D eigenvalue weighted by molar-refractivity contribution is -0.122. The van der Waals surface area contributed by atoms with Crippen LogP contribution in [0.25, 0.3) is 0 Å². The third-order valence-electron chi connectivity index (χ3n) is 3.03. The van der Waals surface area contributed by atoms with Crippen molar-refractivity contribution < 1.29 is 19.1 Å². The number of methoxy groups -OCH3 is 1. The summed E-state index contributed by atoms with van der Waals surface area (Å²) in [7, 11) is 1.30. The average Bonchev–Trinajstić information content (AvgIpc) is 2.54. The number of halogens is 1. The molecule has 0 aliphatic heterocycles. The predicted octanol–water partition coefficient (Wildman–Crippen LogP) is 3.53. The van der Waals surface area contributed by atoms with E-state index in [1.807, 2.05) is 0 Å². The van der Waals surface area contributed by atoms with Crippen LogP contribution < -0.4 is 10.1 Å². The molecule has 0 aromatic heterocycles. The molecule has 23 heavy (non-hydrogen) atoms. The zero-order valence-corrected chi connectivity index (χ0v) is 13.5. The van der Waals surface area contributed by atoms with Crippen molar-refractivity contribution in [3.8, 4) is 5.75 Å². The van der Waals surface area contributed by atoms with Gasteiger partial charge in [0.15, 0.2) is 6.10 Å². The van der Waals surface area contributed by atoms with Crippen LogP contribution in [-0.2, 0) is 9.53 Å². The minimum atomic E-state index is -0.727. The fraction of sp³-hybridized carbons (Fsp3) is 0.176. The molecule has 1 amide bonds. The quantitative estimate of drug-likeness (QED) is 0.850. The number of ether oxygens (including phenoxy) is 2. The second-order valence-corrected chi connectivity index (χ2v) is 5.22. The molecule has 0 saturated carbocycles. The van der Waals surface area contributed by atoms with Gasteiger partial charge in [0.1, 0.15) is 5.75 Å². The number of carbonyl (C=O) groups excluding carboxylic acids is 2. The van der Waals surface area contributed by atoms with Gasteiger partial charge in [-0.3, -0.25) is 4.79 Å². The molecule has 2 aromatic rings. The minimum Gasteiger partial charge on any atom is -0.481 e. The highest BCUT2D eigenvalue weighted by Crippen LogP contribution is 2.19. The molecule has 0 saturated heterocycles. The molecule has 0 bridgehead atoms. The highest BCUT2D eigenvalue weighted by Gasteiger charge is 2.16. The summed E-state index contributed by atoms with van der Waals surface area (Å²) in [6.45, 7) is 1.63. The van der Waals surface area contributed by atoms with E-state index in [1.165, 1.54) is 13.2 Å². The Morgan fingerprint density at radius 1 is 1.13 bits per heavy atom. The Bertz CT molecular complexity index is 717. The third kappa shape index (κ3) is 4.72. The SMILES string of the molecule is COC(=O)c1cccc(NC(=O)[C@@H](C)Oc2cccc(Cl)c2)c1. The van der Waals surface area contributed by atoms with Crippen molar-refractivity contribution in [1.29, 1.82) is 0 Å². The zero-order valence-electron chi connectivity index (χ0n) is 12.7. The molecule has 0 heterocycles. The molecule has 0 radical (unpaired) electrons. The third-order valence-corrected chi connectivity index (χ3v) is 3.26. The fourth-order valence-electron chi connectivity index (χ4n) is 1.88. The molecule has 1 N–H and O–H groups in total. The summed E-state index contributed by atoms with van der Waals surface area (Å²) in [5, 5.41) is 3.22. The largest absolute Gasteiger partial charge is 0.481 e. The molecule has 0 spiro atoms. The molecule has 0 aliphatic rings. The second-order valence-electron chi connectivity index (χ2n) is 4.78. The Hall–Kier alpha value is -2.53. The maximum Gasteiger partial charge on any atom is 0.337 e. The van der Waals surface area contributed by atoms with Crippen LogP contribution in [-0.4, -0.2) is 25.1 Å². The first-order chi connectivity index (χ1) is 11.0. The van der Waals surface area contributed by atoms with Crippen LogP contribution in [0.1, 0.15) is 17.3 Å². The lowest BCUT2D eigenvalue weighted by atomic mass is 10.2. The Morgan fingerprint density at radius 2 is 1.87 bits per heavy atom. The average molecular weight is 334 g/mol. The Kier molecular flexibility index (Phi) is 5.60. The second kappa shape index (κ2) is 7.65. The van der Waals surface area contributed by atoms with Crippen molar-refractivity contribution in [1.82, 2.24) is 0 Å². The van der Waals surface area contributed by atoms with Gasteiger partial charge in [0.05, 0.1) is 12.7 Å². The summed E-state index contributed by atoms with van der Waals surface area (Å²) < 4.78 is 10.2. The highest BCUT2D eigenvalue weighted by molar-refractivity contribution is 6.30. The summed E-state index contributed by atoms with van der Waals surface area (Å²) in [6, 6.07) is 13.3. The molecular weight excluding hydrogens is 318 g/mol. The van der Waals surface area contributed by atoms with Crippen molar-refractivity contribution in [2.24, 2.45) is 0 Å². The first kappa shape index (κ1) is 16.8. The maximum atomic E-state index is 12.2. The van der Waals surface area contributed by atoms with Crippen LogP contribution in [0, 0.1) is 0 Å². The number of rotatable bonds is 5. The van der Waals surface area contributed by atoms with Gasteiger partial charge in [-0.05, 0) is 43.3 Å². The Morgan fingerprint density at radius 3 is 2.57 bits per heavy atom. The molecule has 120 valence electrons. The smallest absolute Gasteiger partial charge is 0.337 e. The molecule has 1 atom stereocenters. The van der Waals surface area contributed by atoms with Crippen LogP contribution in [0.4, 0.5) is 5.69 Å². The van der Waals surface area contributed by atoms with E-state index in [9.17, 15) is 9.59 Å². The normalized spacial score (nSPS) is 11.4. The van der Waals surface area contributed by atoms with E-state index in [0.29, 0.717) is 22.0 Å². The molecule has 5 nitrogen and oxygen atoms in total. The number of amides is 1. The molecule has 2 aromatic carbocycles. The number of hydrogen-bond acceptors (Lipinski definition) is 4. The van der Waals surface area contributed by atoms with Crippen molar-refractivity contribution in [3.63, 3.8) is 0 Å². The zero-order chi connectivity index (χ0) is 16.8. The molecular formula is C17H16ClNO4. The summed E-state index contributed by atoms with van der Waals surface area (Å²) in [6.07, 6.45) is -0.727. The van der Waals surface area contributed by atoms with Crippen LogP contribution in [0.2, 0.25) is 5.02 Å². The summed E-state index contributed by atoms with van der Waals surface area (Å²) in [4.78, 5) is 23.7. The van der Waals surface area contributed by atoms with Gasteiger partial charge in [-0.1, -0.05) is 23.7 Å². The number of carbonyl (C=O) groups is 2. The minimum absolute atomic E-state index is 0.341. The fourth-order valence-corrected chi connectivity index (χ4v) is 2.06. The molecule has 2 rings (SSSR count). The van der Waals surface area contributed by atoms with Gasteiger partial charge in [-0.2, -0.15) is 0 Å². The van der Waals surface area contributed by atoms with Gasteiger partial charge >= 0.3 is 5.97 Å². The number of esters is 1. The number of hydrogen-bond donors (Lipinski definition) is 1. The predicted molar refractivity (Wildman–Crippen MR) is 88.0 cm³/mol. The van der Waals surface area contributed by atoms with Gasteiger partial charge < -0.3 is 14.8 Å². The van der Waals surface area contributed by atoms with Gasteiger partial charge in [0.25, 0.3) is 5.91 Å². The van der Waals surface area contributed by atoms with Crippen LogP contribution in [0.3, 0.4) is 0 Å². The van der Waals surface area contributed by atoms with E-state index < -0.39 is 12.1 Å². The number of benzene rings is 2. The van der Waals surface area contributed by atoms with Crippen molar-refractivity contribution >= 4 is 29.2 Å².